The number of sulfone groups is 1. The highest BCUT2D eigenvalue weighted by Gasteiger charge is 2.10. The Balaban J connectivity index is 2.52. The van der Waals surface area contributed by atoms with E-state index in [-0.39, 0.29) is 12.0 Å². The Morgan fingerprint density at radius 1 is 1.30 bits per heavy atom. The van der Waals surface area contributed by atoms with Crippen LogP contribution in [-0.4, -0.2) is 33.8 Å². The van der Waals surface area contributed by atoms with Crippen LogP contribution < -0.4 is 5.32 Å². The molecular weight excluding hydrogens is 278 g/mol. The minimum atomic E-state index is -3.16. The van der Waals surface area contributed by atoms with Crippen molar-refractivity contribution in [1.82, 2.24) is 5.32 Å². The second-order valence-electron chi connectivity index (χ2n) is 4.57. The fraction of sp³-hybridized carbons (Fsp3) is 0.500. The van der Waals surface area contributed by atoms with E-state index < -0.39 is 9.84 Å². The fourth-order valence-corrected chi connectivity index (χ4v) is 2.38. The van der Waals surface area contributed by atoms with E-state index in [0.717, 1.165) is 5.56 Å². The van der Waals surface area contributed by atoms with Crippen LogP contribution in [0.1, 0.15) is 31.9 Å². The van der Waals surface area contributed by atoms with Crippen LogP contribution in [0.15, 0.2) is 29.2 Å². The molecule has 0 aliphatic rings. The van der Waals surface area contributed by atoms with Gasteiger partial charge < -0.3 is 10.1 Å². The number of hydrogen-bond donors (Lipinski definition) is 1. The van der Waals surface area contributed by atoms with Gasteiger partial charge in [-0.15, -0.1) is 0 Å². The monoisotopic (exact) mass is 299 g/mol. The first-order valence-corrected chi connectivity index (χ1v) is 8.42. The molecule has 5 nitrogen and oxygen atoms in total. The average Bonchev–Trinajstić information content (AvgIpc) is 2.38. The van der Waals surface area contributed by atoms with Crippen LogP contribution in [0.4, 0.5) is 0 Å². The van der Waals surface area contributed by atoms with Gasteiger partial charge in [-0.1, -0.05) is 12.1 Å². The van der Waals surface area contributed by atoms with Crippen molar-refractivity contribution in [3.63, 3.8) is 0 Å². The van der Waals surface area contributed by atoms with Crippen LogP contribution in [0.2, 0.25) is 0 Å². The van der Waals surface area contributed by atoms with Crippen LogP contribution in [0.3, 0.4) is 0 Å². The molecule has 0 amide bonds. The van der Waals surface area contributed by atoms with Crippen molar-refractivity contribution in [1.29, 1.82) is 0 Å². The smallest absolute Gasteiger partial charge is 0.307 e. The van der Waals surface area contributed by atoms with E-state index in [1.165, 1.54) is 6.26 Å². The molecule has 1 rings (SSSR count). The zero-order chi connectivity index (χ0) is 15.2. The van der Waals surface area contributed by atoms with Gasteiger partial charge in [-0.2, -0.15) is 0 Å². The Bertz CT molecular complexity index is 537. The Hall–Kier alpha value is -1.40. The van der Waals surface area contributed by atoms with E-state index in [4.69, 9.17) is 4.74 Å². The highest BCUT2D eigenvalue weighted by atomic mass is 32.2. The number of nitrogens with one attached hydrogen (secondary N) is 1. The predicted octanol–water partition coefficient (Wildman–Crippen LogP) is 1.69. The van der Waals surface area contributed by atoms with Crippen LogP contribution in [-0.2, 0) is 19.4 Å². The molecule has 0 radical (unpaired) electrons. The molecule has 0 saturated carbocycles. The van der Waals surface area contributed by atoms with Crippen molar-refractivity contribution < 1.29 is 17.9 Å². The molecule has 0 aliphatic heterocycles. The lowest BCUT2D eigenvalue weighted by Gasteiger charge is -2.14. The van der Waals surface area contributed by atoms with Crippen molar-refractivity contribution >= 4 is 15.8 Å². The standard InChI is InChI=1S/C14H21NO4S/c1-4-19-14(16)9-10-15-11(2)12-5-7-13(8-6-12)20(3,17)18/h5-8,11,15H,4,9-10H2,1-3H3. The number of rotatable bonds is 7. The molecule has 0 saturated heterocycles. The second-order valence-corrected chi connectivity index (χ2v) is 6.59. The van der Waals surface area contributed by atoms with E-state index in [1.807, 2.05) is 6.92 Å². The average molecular weight is 299 g/mol. The number of carbonyl (C=O) groups excluding carboxylic acids is 1. The van der Waals surface area contributed by atoms with Gasteiger partial charge in [0.2, 0.25) is 0 Å². The van der Waals surface area contributed by atoms with Gasteiger partial charge in [0, 0.05) is 18.8 Å². The number of hydrogen-bond acceptors (Lipinski definition) is 5. The summed E-state index contributed by atoms with van der Waals surface area (Å²) in [6.07, 6.45) is 1.50. The minimum absolute atomic E-state index is 0.0398. The molecule has 0 fully saturated rings. The molecule has 6 heteroatoms. The lowest BCUT2D eigenvalue weighted by Crippen LogP contribution is -2.22. The summed E-state index contributed by atoms with van der Waals surface area (Å²) in [4.78, 5) is 11.5. The molecule has 0 aliphatic carbocycles. The summed E-state index contributed by atoms with van der Waals surface area (Å²) in [5.41, 5.74) is 0.973. The molecule has 112 valence electrons. The molecule has 20 heavy (non-hydrogen) atoms. The van der Waals surface area contributed by atoms with Crippen LogP contribution in [0, 0.1) is 0 Å². The van der Waals surface area contributed by atoms with Crippen molar-refractivity contribution in [3.8, 4) is 0 Å². The topological polar surface area (TPSA) is 72.5 Å². The molecule has 0 heterocycles. The molecular formula is C14H21NO4S. The second kappa shape index (κ2) is 7.40. The molecule has 0 bridgehead atoms. The molecule has 1 atom stereocenters. The quantitative estimate of drug-likeness (QED) is 0.776. The number of benzene rings is 1. The lowest BCUT2D eigenvalue weighted by atomic mass is 10.1. The highest BCUT2D eigenvalue weighted by molar-refractivity contribution is 7.90. The lowest BCUT2D eigenvalue weighted by molar-refractivity contribution is -0.143. The SMILES string of the molecule is CCOC(=O)CCNC(C)c1ccc(S(C)(=O)=O)cc1. The van der Waals surface area contributed by atoms with Gasteiger partial charge in [0.25, 0.3) is 0 Å². The van der Waals surface area contributed by atoms with E-state index in [1.54, 1.807) is 31.2 Å². The Morgan fingerprint density at radius 3 is 2.40 bits per heavy atom. The molecule has 1 aromatic rings. The Labute approximate surface area is 120 Å². The summed E-state index contributed by atoms with van der Waals surface area (Å²) in [5.74, 6) is -0.223. The van der Waals surface area contributed by atoms with Gasteiger partial charge in [-0.05, 0) is 31.5 Å². The van der Waals surface area contributed by atoms with Gasteiger partial charge in [0.1, 0.15) is 0 Å². The summed E-state index contributed by atoms with van der Waals surface area (Å²) in [6, 6.07) is 6.78. The fourth-order valence-electron chi connectivity index (χ4n) is 1.75. The number of ether oxygens (including phenoxy) is 1. The first kappa shape index (κ1) is 16.7. The van der Waals surface area contributed by atoms with E-state index in [2.05, 4.69) is 5.32 Å². The van der Waals surface area contributed by atoms with E-state index in [0.29, 0.717) is 24.5 Å². The van der Waals surface area contributed by atoms with Crippen LogP contribution in [0.5, 0.6) is 0 Å². The number of carbonyl (C=O) groups is 1. The zero-order valence-corrected chi connectivity index (χ0v) is 12.9. The Morgan fingerprint density at radius 2 is 1.90 bits per heavy atom. The molecule has 0 aromatic heterocycles. The van der Waals surface area contributed by atoms with Gasteiger partial charge in [-0.25, -0.2) is 8.42 Å². The van der Waals surface area contributed by atoms with Crippen LogP contribution in [0.25, 0.3) is 0 Å². The third-order valence-corrected chi connectivity index (χ3v) is 4.02. The van der Waals surface area contributed by atoms with Crippen molar-refractivity contribution in [3.05, 3.63) is 29.8 Å². The first-order chi connectivity index (χ1) is 9.34. The molecule has 1 N–H and O–H groups in total. The van der Waals surface area contributed by atoms with E-state index >= 15 is 0 Å². The summed E-state index contributed by atoms with van der Waals surface area (Å²) in [7, 11) is -3.16. The maximum atomic E-state index is 11.4. The summed E-state index contributed by atoms with van der Waals surface area (Å²) in [5, 5.41) is 3.20. The van der Waals surface area contributed by atoms with Crippen molar-refractivity contribution in [2.45, 2.75) is 31.2 Å². The maximum Gasteiger partial charge on any atom is 0.307 e. The first-order valence-electron chi connectivity index (χ1n) is 6.53. The van der Waals surface area contributed by atoms with Gasteiger partial charge >= 0.3 is 5.97 Å². The van der Waals surface area contributed by atoms with Gasteiger partial charge in [0.15, 0.2) is 9.84 Å². The summed E-state index contributed by atoms with van der Waals surface area (Å²) < 4.78 is 27.5. The van der Waals surface area contributed by atoms with Gasteiger partial charge in [0.05, 0.1) is 17.9 Å². The third kappa shape index (κ3) is 5.30. The number of esters is 1. The predicted molar refractivity (Wildman–Crippen MR) is 77.2 cm³/mol. The molecule has 1 unspecified atom stereocenters. The summed E-state index contributed by atoms with van der Waals surface area (Å²) >= 11 is 0. The summed E-state index contributed by atoms with van der Waals surface area (Å²) in [6.45, 7) is 4.65. The third-order valence-electron chi connectivity index (χ3n) is 2.89. The van der Waals surface area contributed by atoms with Crippen molar-refractivity contribution in [2.75, 3.05) is 19.4 Å². The largest absolute Gasteiger partial charge is 0.466 e. The zero-order valence-electron chi connectivity index (χ0n) is 12.0. The highest BCUT2D eigenvalue weighted by Crippen LogP contribution is 2.16. The maximum absolute atomic E-state index is 11.4. The minimum Gasteiger partial charge on any atom is -0.466 e. The van der Waals surface area contributed by atoms with E-state index in [9.17, 15) is 13.2 Å². The molecule has 0 spiro atoms. The van der Waals surface area contributed by atoms with Crippen molar-refractivity contribution in [2.24, 2.45) is 0 Å². The Kier molecular flexibility index (Phi) is 6.16. The van der Waals surface area contributed by atoms with Gasteiger partial charge in [-0.3, -0.25) is 4.79 Å². The van der Waals surface area contributed by atoms with Crippen LogP contribution >= 0.6 is 0 Å². The molecule has 1 aromatic carbocycles. The normalized spacial score (nSPS) is 12.9.